The molecular weight excluding hydrogens is 279 g/mol. The summed E-state index contributed by atoms with van der Waals surface area (Å²) in [7, 11) is 2.21. The highest BCUT2D eigenvalue weighted by Gasteiger charge is 2.34. The summed E-state index contributed by atoms with van der Waals surface area (Å²) in [5, 5.41) is 0. The van der Waals surface area contributed by atoms with E-state index in [1.165, 1.54) is 89.9 Å². The maximum Gasteiger partial charge on any atom is 0.139 e. The Morgan fingerprint density at radius 2 is 1.30 bits per heavy atom. The van der Waals surface area contributed by atoms with Crippen molar-refractivity contribution in [2.45, 2.75) is 116 Å². The first kappa shape index (κ1) is 21.1. The molecule has 3 unspecified atom stereocenters. The van der Waals surface area contributed by atoms with Crippen LogP contribution in [0.4, 0.5) is 0 Å². The maximum atomic E-state index is 5.58. The van der Waals surface area contributed by atoms with Crippen molar-refractivity contribution < 1.29 is 4.74 Å². The average Bonchev–Trinajstić information content (AvgIpc) is 3.28. The van der Waals surface area contributed by atoms with Gasteiger partial charge in [-0.05, 0) is 31.6 Å². The molecule has 2 heteroatoms. The third kappa shape index (κ3) is 12.1. The van der Waals surface area contributed by atoms with Gasteiger partial charge in [0.1, 0.15) is 7.85 Å². The van der Waals surface area contributed by atoms with Crippen LogP contribution in [0.1, 0.15) is 110 Å². The summed E-state index contributed by atoms with van der Waals surface area (Å²) in [5.41, 5.74) is 0. The molecule has 0 aromatic heterocycles. The molecular formula is C21H43BO. The molecule has 0 spiro atoms. The molecule has 0 saturated heterocycles. The van der Waals surface area contributed by atoms with Crippen LogP contribution in [-0.2, 0) is 4.74 Å². The van der Waals surface area contributed by atoms with Gasteiger partial charge in [0.25, 0.3) is 0 Å². The largest absolute Gasteiger partial charge is 0.388 e. The number of hydrogen-bond donors (Lipinski definition) is 0. The number of ether oxygens (including phenoxy) is 1. The molecule has 23 heavy (non-hydrogen) atoms. The SMILES string of the molecule is BC(CCCCCCCC1CC1CCCCCCCC)OCC. The second kappa shape index (κ2) is 14.4. The van der Waals surface area contributed by atoms with E-state index in [0.29, 0.717) is 6.00 Å². The Balaban J connectivity index is 1.77. The normalized spacial score (nSPS) is 21.5. The lowest BCUT2D eigenvalue weighted by molar-refractivity contribution is 0.111. The zero-order valence-electron chi connectivity index (χ0n) is 16.5. The van der Waals surface area contributed by atoms with Gasteiger partial charge in [-0.2, -0.15) is 0 Å². The van der Waals surface area contributed by atoms with Crippen LogP contribution in [0.5, 0.6) is 0 Å². The van der Waals surface area contributed by atoms with E-state index in [1.807, 2.05) is 0 Å². The molecule has 0 radical (unpaired) electrons. The zero-order valence-corrected chi connectivity index (χ0v) is 16.5. The van der Waals surface area contributed by atoms with Crippen molar-refractivity contribution in [3.05, 3.63) is 0 Å². The van der Waals surface area contributed by atoms with E-state index in [4.69, 9.17) is 4.74 Å². The molecule has 1 rings (SSSR count). The average molecular weight is 322 g/mol. The minimum atomic E-state index is 0.467. The Hall–Kier alpha value is 0.0249. The quantitative estimate of drug-likeness (QED) is 0.232. The molecule has 1 fully saturated rings. The van der Waals surface area contributed by atoms with Crippen LogP contribution in [0.15, 0.2) is 0 Å². The van der Waals surface area contributed by atoms with E-state index >= 15 is 0 Å². The fourth-order valence-corrected chi connectivity index (χ4v) is 3.94. The summed E-state index contributed by atoms with van der Waals surface area (Å²) < 4.78 is 5.58. The predicted octanol–water partition coefficient (Wildman–Crippen LogP) is 6.10. The first-order chi connectivity index (χ1) is 11.3. The van der Waals surface area contributed by atoms with E-state index < -0.39 is 0 Å². The summed E-state index contributed by atoms with van der Waals surface area (Å²) >= 11 is 0. The van der Waals surface area contributed by atoms with Crippen LogP contribution in [-0.4, -0.2) is 20.5 Å². The van der Waals surface area contributed by atoms with Crippen LogP contribution >= 0.6 is 0 Å². The molecule has 0 amide bonds. The van der Waals surface area contributed by atoms with Gasteiger partial charge in [0.05, 0.1) is 0 Å². The van der Waals surface area contributed by atoms with Crippen molar-refractivity contribution in [2.24, 2.45) is 11.8 Å². The third-order valence-corrected chi connectivity index (χ3v) is 5.63. The van der Waals surface area contributed by atoms with E-state index in [2.05, 4.69) is 21.7 Å². The highest BCUT2D eigenvalue weighted by molar-refractivity contribution is 6.10. The van der Waals surface area contributed by atoms with Gasteiger partial charge in [-0.25, -0.2) is 0 Å². The Kier molecular flexibility index (Phi) is 13.2. The summed E-state index contributed by atoms with van der Waals surface area (Å²) in [5.74, 6) is 2.23. The van der Waals surface area contributed by atoms with Crippen LogP contribution in [0.2, 0.25) is 0 Å². The van der Waals surface area contributed by atoms with Gasteiger partial charge in [-0.1, -0.05) is 90.4 Å². The van der Waals surface area contributed by atoms with Crippen molar-refractivity contribution in [1.29, 1.82) is 0 Å². The van der Waals surface area contributed by atoms with Gasteiger partial charge >= 0.3 is 0 Å². The lowest BCUT2D eigenvalue weighted by Crippen LogP contribution is -2.12. The molecule has 1 nitrogen and oxygen atoms in total. The second-order valence-corrected chi connectivity index (χ2v) is 7.92. The van der Waals surface area contributed by atoms with Gasteiger partial charge in [0.15, 0.2) is 0 Å². The standard InChI is InChI=1S/C21H43BO/c1-3-5-6-7-9-12-15-19-18-20(19)16-13-10-8-11-14-17-21(22)23-4-2/h19-21H,3-18,22H2,1-2H3. The van der Waals surface area contributed by atoms with E-state index in [0.717, 1.165) is 18.4 Å². The van der Waals surface area contributed by atoms with E-state index in [1.54, 1.807) is 6.42 Å². The fourth-order valence-electron chi connectivity index (χ4n) is 3.94. The zero-order chi connectivity index (χ0) is 16.8. The molecule has 1 aliphatic carbocycles. The molecule has 1 aliphatic rings. The minimum Gasteiger partial charge on any atom is -0.388 e. The molecule has 0 N–H and O–H groups in total. The summed E-state index contributed by atoms with van der Waals surface area (Å²) in [6.07, 6.45) is 21.8. The lowest BCUT2D eigenvalue weighted by Gasteiger charge is -2.10. The predicted molar refractivity (Wildman–Crippen MR) is 106 cm³/mol. The molecule has 0 aromatic carbocycles. The van der Waals surface area contributed by atoms with Crippen molar-refractivity contribution in [3.63, 3.8) is 0 Å². The number of hydrogen-bond acceptors (Lipinski definition) is 1. The minimum absolute atomic E-state index is 0.467. The molecule has 0 bridgehead atoms. The highest BCUT2D eigenvalue weighted by atomic mass is 16.5. The van der Waals surface area contributed by atoms with Crippen LogP contribution < -0.4 is 0 Å². The molecule has 1 saturated carbocycles. The molecule has 0 heterocycles. The van der Waals surface area contributed by atoms with Crippen LogP contribution in [0, 0.1) is 11.8 Å². The van der Waals surface area contributed by atoms with Crippen LogP contribution in [0.25, 0.3) is 0 Å². The Labute approximate surface area is 147 Å². The topological polar surface area (TPSA) is 9.23 Å². The Morgan fingerprint density at radius 1 is 0.783 bits per heavy atom. The summed E-state index contributed by atoms with van der Waals surface area (Å²) in [6, 6.07) is 0.467. The first-order valence-corrected chi connectivity index (χ1v) is 10.9. The lowest BCUT2D eigenvalue weighted by atomic mass is 9.93. The summed E-state index contributed by atoms with van der Waals surface area (Å²) in [6.45, 7) is 5.26. The number of rotatable bonds is 17. The Bertz CT molecular complexity index is 256. The maximum absolute atomic E-state index is 5.58. The fraction of sp³-hybridized carbons (Fsp3) is 1.00. The molecule has 0 aliphatic heterocycles. The monoisotopic (exact) mass is 322 g/mol. The first-order valence-electron chi connectivity index (χ1n) is 10.9. The van der Waals surface area contributed by atoms with Gasteiger partial charge in [0.2, 0.25) is 0 Å². The van der Waals surface area contributed by atoms with E-state index in [9.17, 15) is 0 Å². The third-order valence-electron chi connectivity index (χ3n) is 5.63. The Morgan fingerprint density at radius 3 is 1.87 bits per heavy atom. The van der Waals surface area contributed by atoms with Gasteiger partial charge in [0, 0.05) is 12.6 Å². The summed E-state index contributed by atoms with van der Waals surface area (Å²) in [4.78, 5) is 0. The van der Waals surface area contributed by atoms with Crippen molar-refractivity contribution in [3.8, 4) is 0 Å². The van der Waals surface area contributed by atoms with Crippen molar-refractivity contribution >= 4 is 7.85 Å². The molecule has 0 aromatic rings. The van der Waals surface area contributed by atoms with Crippen molar-refractivity contribution in [2.75, 3.05) is 6.61 Å². The van der Waals surface area contributed by atoms with Crippen LogP contribution in [0.3, 0.4) is 0 Å². The molecule has 136 valence electrons. The second-order valence-electron chi connectivity index (χ2n) is 7.92. The van der Waals surface area contributed by atoms with Crippen molar-refractivity contribution in [1.82, 2.24) is 0 Å². The van der Waals surface area contributed by atoms with E-state index in [-0.39, 0.29) is 0 Å². The van der Waals surface area contributed by atoms with Gasteiger partial charge < -0.3 is 4.74 Å². The highest BCUT2D eigenvalue weighted by Crippen LogP contribution is 2.45. The number of unbranched alkanes of at least 4 members (excludes halogenated alkanes) is 9. The smallest absolute Gasteiger partial charge is 0.139 e. The van der Waals surface area contributed by atoms with Gasteiger partial charge in [-0.3, -0.25) is 0 Å². The van der Waals surface area contributed by atoms with Gasteiger partial charge in [-0.15, -0.1) is 0 Å². The molecule has 3 atom stereocenters.